The summed E-state index contributed by atoms with van der Waals surface area (Å²) in [5.41, 5.74) is 3.68. The van der Waals surface area contributed by atoms with Gasteiger partial charge in [-0.25, -0.2) is 5.41 Å². The molecule has 0 amide bonds. The molecule has 0 unspecified atom stereocenters. The van der Waals surface area contributed by atoms with Gasteiger partial charge in [-0.05, 0) is 0 Å². The van der Waals surface area contributed by atoms with Crippen LogP contribution in [0.3, 0.4) is 0 Å². The number of hydrogen-bond donors (Lipinski definition) is 1. The van der Waals surface area contributed by atoms with Crippen LogP contribution in [0.2, 0.25) is 0 Å². The van der Waals surface area contributed by atoms with Gasteiger partial charge in [0.25, 0.3) is 0 Å². The number of nitrogens with one attached hydrogen (secondary N) is 1. The van der Waals surface area contributed by atoms with E-state index in [1.165, 1.54) is 0 Å². The third-order valence-corrected chi connectivity index (χ3v) is 0.355. The zero-order valence-corrected chi connectivity index (χ0v) is 3.45. The van der Waals surface area contributed by atoms with Crippen molar-refractivity contribution in [2.24, 2.45) is 0 Å². The number of rotatable bonds is 0. The minimum Gasteiger partial charge on any atom is -0.226 e. The summed E-state index contributed by atoms with van der Waals surface area (Å²) < 4.78 is 0. The molecular weight excluding hydrogens is 80.1 g/mol. The minimum atomic E-state index is -0.0802. The summed E-state index contributed by atoms with van der Waals surface area (Å²) in [5, 5.41) is 13.8. The molecular formula is C2HN2Si+. The van der Waals surface area contributed by atoms with Crippen molar-refractivity contribution in [2.75, 3.05) is 0 Å². The molecule has 0 aliphatic heterocycles. The molecule has 0 radical (unpaired) electrons. The molecule has 0 atom stereocenters. The molecule has 0 fully saturated rings. The van der Waals surface area contributed by atoms with E-state index in [2.05, 4.69) is 0 Å². The van der Waals surface area contributed by atoms with Crippen LogP contribution in [-0.2, 0) is 0 Å². The second-order valence-electron chi connectivity index (χ2n) is 0.362. The van der Waals surface area contributed by atoms with Gasteiger partial charge in [-0.2, -0.15) is 5.26 Å². The minimum absolute atomic E-state index is 0.0802. The average molecular weight is 81.1 g/mol. The molecule has 3 heteroatoms. The molecule has 0 aromatic rings. The largest absolute Gasteiger partial charge is 0.662 e. The molecule has 0 bridgehead atoms. The lowest BCUT2D eigenvalue weighted by Gasteiger charge is -1.07. The maximum atomic E-state index is 7.65. The van der Waals surface area contributed by atoms with Gasteiger partial charge in [0.2, 0.25) is 5.47 Å². The normalized spacial score (nSPS) is 3.00. The van der Waals surface area contributed by atoms with E-state index >= 15 is 0 Å². The Labute approximate surface area is 32.0 Å². The highest BCUT2D eigenvalue weighted by molar-refractivity contribution is 6.51. The molecule has 5 heavy (non-hydrogen) atoms. The fraction of sp³-hybridized carbons (Fsp3) is 0. The molecule has 0 heterocycles. The first-order valence-corrected chi connectivity index (χ1v) is 1.97. The van der Waals surface area contributed by atoms with Crippen molar-refractivity contribution in [1.82, 2.24) is 0 Å². The SMILES string of the molecule is N#C[Si+]=C=N. The predicted octanol–water partition coefficient (Wildman–Crippen LogP) is -0.344. The van der Waals surface area contributed by atoms with Crippen molar-refractivity contribution >= 4 is 14.6 Å². The molecule has 0 aliphatic carbocycles. The lowest BCUT2D eigenvalue weighted by atomic mass is 11.7. The van der Waals surface area contributed by atoms with E-state index in [0.717, 1.165) is 0 Å². The summed E-state index contributed by atoms with van der Waals surface area (Å²) in [4.78, 5) is 0. The van der Waals surface area contributed by atoms with Crippen LogP contribution in [0.4, 0.5) is 0 Å². The summed E-state index contributed by atoms with van der Waals surface area (Å²) in [5.74, 6) is 0. The van der Waals surface area contributed by atoms with E-state index in [9.17, 15) is 0 Å². The van der Waals surface area contributed by atoms with Crippen LogP contribution >= 0.6 is 0 Å². The van der Waals surface area contributed by atoms with Gasteiger partial charge in [-0.15, -0.1) is 0 Å². The van der Waals surface area contributed by atoms with Crippen LogP contribution in [0.15, 0.2) is 0 Å². The highest BCUT2D eigenvalue weighted by Gasteiger charge is 1.80. The molecule has 0 saturated carbocycles. The highest BCUT2D eigenvalue weighted by Crippen LogP contribution is 1.20. The quantitative estimate of drug-likeness (QED) is 0.314. The van der Waals surface area contributed by atoms with Gasteiger partial charge >= 0.3 is 14.8 Å². The predicted molar refractivity (Wildman–Crippen MR) is 19.1 cm³/mol. The van der Waals surface area contributed by atoms with Crippen molar-refractivity contribution in [3.63, 3.8) is 0 Å². The molecule has 2 nitrogen and oxygen atoms in total. The van der Waals surface area contributed by atoms with Crippen molar-refractivity contribution in [3.8, 4) is 5.69 Å². The van der Waals surface area contributed by atoms with Gasteiger partial charge in [0, 0.05) is 0 Å². The van der Waals surface area contributed by atoms with Crippen LogP contribution in [0, 0.1) is 16.4 Å². The fourth-order valence-corrected chi connectivity index (χ4v) is 0.0839. The van der Waals surface area contributed by atoms with Gasteiger partial charge < -0.3 is 0 Å². The monoisotopic (exact) mass is 81.0 g/mol. The molecule has 22 valence electrons. The Kier molecular flexibility index (Phi) is 2.82. The van der Waals surface area contributed by atoms with Gasteiger partial charge in [0.1, 0.15) is 0 Å². The van der Waals surface area contributed by atoms with E-state index in [0.29, 0.717) is 0 Å². The summed E-state index contributed by atoms with van der Waals surface area (Å²) in [6.07, 6.45) is 0. The third-order valence-electron chi connectivity index (χ3n) is 0.118. The van der Waals surface area contributed by atoms with E-state index in [1.54, 1.807) is 5.69 Å². The zero-order chi connectivity index (χ0) is 4.12. The van der Waals surface area contributed by atoms with Crippen molar-refractivity contribution in [3.05, 3.63) is 0 Å². The van der Waals surface area contributed by atoms with Crippen LogP contribution in [0.1, 0.15) is 0 Å². The van der Waals surface area contributed by atoms with Gasteiger partial charge in [0.05, 0.1) is 0 Å². The Morgan fingerprint density at radius 2 is 2.40 bits per heavy atom. The second-order valence-corrected chi connectivity index (χ2v) is 1.09. The zero-order valence-electron chi connectivity index (χ0n) is 2.45. The topological polar surface area (TPSA) is 47.6 Å². The summed E-state index contributed by atoms with van der Waals surface area (Å²) in [7, 11) is -0.0802. The first-order valence-electron chi connectivity index (χ1n) is 0.974. The van der Waals surface area contributed by atoms with Gasteiger partial charge in [-0.1, -0.05) is 0 Å². The van der Waals surface area contributed by atoms with E-state index in [-0.39, 0.29) is 9.13 Å². The molecule has 0 saturated heterocycles. The first kappa shape index (κ1) is 4.29. The Morgan fingerprint density at radius 1 is 1.80 bits per heavy atom. The van der Waals surface area contributed by atoms with Gasteiger partial charge in [0.15, 0.2) is 0 Å². The standard InChI is InChI=1S/C2HN2Si/c3-1-5-2-4/h3H/q+1. The summed E-state index contributed by atoms with van der Waals surface area (Å²) in [6.45, 7) is 0. The Balaban J connectivity index is 3.46. The Bertz CT molecular complexity index is 94.7. The van der Waals surface area contributed by atoms with E-state index < -0.39 is 0 Å². The van der Waals surface area contributed by atoms with Crippen LogP contribution < -0.4 is 0 Å². The lowest BCUT2D eigenvalue weighted by Crippen LogP contribution is -1.59. The Hall–Kier alpha value is -0.713. The summed E-state index contributed by atoms with van der Waals surface area (Å²) >= 11 is 0. The number of nitrogens with zero attached hydrogens (tertiary/aromatic N) is 1. The molecule has 0 spiro atoms. The maximum Gasteiger partial charge on any atom is 0.662 e. The molecule has 1 N–H and O–H groups in total. The van der Waals surface area contributed by atoms with Crippen molar-refractivity contribution in [2.45, 2.75) is 0 Å². The smallest absolute Gasteiger partial charge is 0.226 e. The second kappa shape index (κ2) is 3.29. The van der Waals surface area contributed by atoms with Crippen LogP contribution in [-0.4, -0.2) is 14.6 Å². The van der Waals surface area contributed by atoms with Crippen LogP contribution in [0.5, 0.6) is 0 Å². The van der Waals surface area contributed by atoms with E-state index in [1.807, 2.05) is 5.47 Å². The van der Waals surface area contributed by atoms with E-state index in [4.69, 9.17) is 10.7 Å². The number of nitriles is 1. The highest BCUT2D eigenvalue weighted by atomic mass is 28.2. The molecule has 0 aromatic carbocycles. The number of hydrogen-bond acceptors (Lipinski definition) is 2. The van der Waals surface area contributed by atoms with Crippen LogP contribution in [0.25, 0.3) is 0 Å². The Morgan fingerprint density at radius 3 is 2.40 bits per heavy atom. The van der Waals surface area contributed by atoms with Crippen molar-refractivity contribution in [1.29, 1.82) is 10.7 Å². The lowest BCUT2D eigenvalue weighted by molar-refractivity contribution is 1.56. The summed E-state index contributed by atoms with van der Waals surface area (Å²) in [6, 6.07) is 0. The average Bonchev–Trinajstić information content (AvgIpc) is 1.41. The first-order chi connectivity index (χ1) is 2.41. The molecule has 0 aliphatic rings. The molecule has 0 aromatic heterocycles. The fourth-order valence-electron chi connectivity index (χ4n) is 0.0280. The maximum absolute atomic E-state index is 7.65. The third kappa shape index (κ3) is 3.29. The van der Waals surface area contributed by atoms with Gasteiger partial charge in [-0.3, -0.25) is 0 Å². The molecule has 0 rings (SSSR count). The van der Waals surface area contributed by atoms with Crippen molar-refractivity contribution < 1.29 is 0 Å².